The number of rotatable bonds is 4. The monoisotopic (exact) mass is 290 g/mol. The van der Waals surface area contributed by atoms with Gasteiger partial charge in [0.1, 0.15) is 0 Å². The highest BCUT2D eigenvalue weighted by atomic mass is 32.2. The maximum Gasteiger partial charge on any atom is 0.418 e. The van der Waals surface area contributed by atoms with Crippen LogP contribution in [0.1, 0.15) is 18.1 Å². The van der Waals surface area contributed by atoms with Crippen molar-refractivity contribution in [1.82, 2.24) is 0 Å². The molecule has 1 rings (SSSR count). The number of benzene rings is 1. The summed E-state index contributed by atoms with van der Waals surface area (Å²) in [5.74, 6) is 0. The van der Waals surface area contributed by atoms with E-state index in [4.69, 9.17) is 5.26 Å². The number of alkyl halides is 3. The number of nitrogens with zero attached hydrogens (tertiary/aromatic N) is 1. The Labute approximate surface area is 111 Å². The van der Waals surface area contributed by atoms with E-state index in [0.717, 1.165) is 18.2 Å². The van der Waals surface area contributed by atoms with Crippen LogP contribution in [0.5, 0.6) is 0 Å². The summed E-state index contributed by atoms with van der Waals surface area (Å²) in [7, 11) is -1.13. The largest absolute Gasteiger partial charge is 0.418 e. The Kier molecular flexibility index (Phi) is 4.95. The minimum Gasteiger partial charge on any atom is -0.383 e. The lowest BCUT2D eigenvalue weighted by atomic mass is 10.1. The molecule has 104 valence electrons. The summed E-state index contributed by atoms with van der Waals surface area (Å²) in [5, 5.41) is 11.0. The Bertz CT molecular complexity index is 523. The maximum absolute atomic E-state index is 12.8. The van der Waals surface area contributed by atoms with Gasteiger partial charge in [0, 0.05) is 34.5 Å². The SMILES string of the molecule is C[C@H](CNc1cc(C#N)ccc1C(F)(F)F)[S@](C)=O. The van der Waals surface area contributed by atoms with E-state index in [9.17, 15) is 17.4 Å². The normalized spacial score (nSPS) is 14.5. The smallest absolute Gasteiger partial charge is 0.383 e. The molecule has 7 heteroatoms. The highest BCUT2D eigenvalue weighted by molar-refractivity contribution is 7.84. The molecule has 0 aromatic heterocycles. The predicted molar refractivity (Wildman–Crippen MR) is 68.2 cm³/mol. The van der Waals surface area contributed by atoms with Gasteiger partial charge in [0.05, 0.1) is 17.2 Å². The van der Waals surface area contributed by atoms with E-state index in [1.165, 1.54) is 6.26 Å². The van der Waals surface area contributed by atoms with Crippen LogP contribution in [-0.4, -0.2) is 22.3 Å². The van der Waals surface area contributed by atoms with Gasteiger partial charge >= 0.3 is 6.18 Å². The van der Waals surface area contributed by atoms with E-state index in [-0.39, 0.29) is 23.0 Å². The molecule has 2 atom stereocenters. The molecule has 0 aliphatic carbocycles. The molecule has 0 bridgehead atoms. The van der Waals surface area contributed by atoms with Gasteiger partial charge in [-0.25, -0.2) is 0 Å². The van der Waals surface area contributed by atoms with Crippen LogP contribution in [-0.2, 0) is 17.0 Å². The highest BCUT2D eigenvalue weighted by Crippen LogP contribution is 2.35. The molecule has 1 N–H and O–H groups in total. The topological polar surface area (TPSA) is 52.9 Å². The molecule has 1 aromatic carbocycles. The van der Waals surface area contributed by atoms with E-state index in [2.05, 4.69) is 5.32 Å². The molecule has 19 heavy (non-hydrogen) atoms. The summed E-state index contributed by atoms with van der Waals surface area (Å²) in [4.78, 5) is 0. The first-order valence-corrected chi connectivity index (χ1v) is 7.05. The molecule has 0 heterocycles. The van der Waals surface area contributed by atoms with Crippen LogP contribution in [0.25, 0.3) is 0 Å². The molecule has 1 aromatic rings. The van der Waals surface area contributed by atoms with E-state index in [1.807, 2.05) is 0 Å². The Morgan fingerprint density at radius 3 is 2.58 bits per heavy atom. The van der Waals surface area contributed by atoms with Crippen molar-refractivity contribution in [3.05, 3.63) is 29.3 Å². The van der Waals surface area contributed by atoms with Crippen LogP contribution < -0.4 is 5.32 Å². The Balaban J connectivity index is 3.03. The summed E-state index contributed by atoms with van der Waals surface area (Å²) in [6, 6.07) is 4.93. The van der Waals surface area contributed by atoms with Gasteiger partial charge in [-0.05, 0) is 25.1 Å². The summed E-state index contributed by atoms with van der Waals surface area (Å²) in [6.07, 6.45) is -3.01. The Morgan fingerprint density at radius 1 is 1.47 bits per heavy atom. The van der Waals surface area contributed by atoms with Gasteiger partial charge in [0.15, 0.2) is 0 Å². The van der Waals surface area contributed by atoms with Crippen molar-refractivity contribution in [2.75, 3.05) is 18.1 Å². The molecule has 0 radical (unpaired) electrons. The molecule has 0 unspecified atom stereocenters. The van der Waals surface area contributed by atoms with E-state index in [1.54, 1.807) is 13.0 Å². The standard InChI is InChI=1S/C12H13F3N2OS/c1-8(19(2)18)7-17-11-5-9(6-16)3-4-10(11)12(13,14)15/h3-5,8,17H,7H2,1-2H3/t8-,19+/m1/s1. The van der Waals surface area contributed by atoms with Crippen LogP contribution >= 0.6 is 0 Å². The van der Waals surface area contributed by atoms with Crippen molar-refractivity contribution in [3.63, 3.8) is 0 Å². The zero-order valence-corrected chi connectivity index (χ0v) is 11.2. The minimum absolute atomic E-state index is 0.140. The van der Waals surface area contributed by atoms with Crippen molar-refractivity contribution in [2.24, 2.45) is 0 Å². The van der Waals surface area contributed by atoms with Crippen LogP contribution in [0.4, 0.5) is 18.9 Å². The lowest BCUT2D eigenvalue weighted by Crippen LogP contribution is -2.22. The lowest BCUT2D eigenvalue weighted by Gasteiger charge is -2.16. The number of halogens is 3. The quantitative estimate of drug-likeness (QED) is 0.927. The molecule has 0 saturated carbocycles. The van der Waals surface area contributed by atoms with Gasteiger partial charge < -0.3 is 5.32 Å². The zero-order chi connectivity index (χ0) is 14.6. The number of nitrogens with one attached hydrogen (secondary N) is 1. The van der Waals surface area contributed by atoms with Gasteiger partial charge in [-0.3, -0.25) is 4.21 Å². The third-order valence-electron chi connectivity index (χ3n) is 2.60. The van der Waals surface area contributed by atoms with Crippen molar-refractivity contribution in [1.29, 1.82) is 5.26 Å². The number of hydrogen-bond donors (Lipinski definition) is 1. The van der Waals surface area contributed by atoms with Gasteiger partial charge in [-0.15, -0.1) is 0 Å². The number of hydrogen-bond acceptors (Lipinski definition) is 3. The molecule has 0 amide bonds. The summed E-state index contributed by atoms with van der Waals surface area (Å²) < 4.78 is 49.5. The predicted octanol–water partition coefficient (Wildman–Crippen LogP) is 2.76. The average molecular weight is 290 g/mol. The van der Waals surface area contributed by atoms with Gasteiger partial charge in [0.2, 0.25) is 0 Å². The van der Waals surface area contributed by atoms with Crippen molar-refractivity contribution in [3.8, 4) is 6.07 Å². The average Bonchev–Trinajstić information content (AvgIpc) is 2.34. The molecule has 0 aliphatic heterocycles. The minimum atomic E-state index is -4.50. The first-order valence-electron chi connectivity index (χ1n) is 5.43. The van der Waals surface area contributed by atoms with E-state index < -0.39 is 22.5 Å². The second kappa shape index (κ2) is 6.06. The molecule has 0 aliphatic rings. The second-order valence-electron chi connectivity index (χ2n) is 4.06. The van der Waals surface area contributed by atoms with Crippen molar-refractivity contribution < 1.29 is 17.4 Å². The zero-order valence-electron chi connectivity index (χ0n) is 10.4. The van der Waals surface area contributed by atoms with E-state index >= 15 is 0 Å². The van der Waals surface area contributed by atoms with Crippen molar-refractivity contribution >= 4 is 16.5 Å². The third kappa shape index (κ3) is 4.24. The van der Waals surface area contributed by atoms with Gasteiger partial charge in [0.25, 0.3) is 0 Å². The highest BCUT2D eigenvalue weighted by Gasteiger charge is 2.33. The summed E-state index contributed by atoms with van der Waals surface area (Å²) in [6.45, 7) is 1.81. The van der Waals surface area contributed by atoms with Crippen LogP contribution in [0, 0.1) is 11.3 Å². The molecular formula is C12H13F3N2OS. The van der Waals surface area contributed by atoms with Gasteiger partial charge in [-0.2, -0.15) is 18.4 Å². The first kappa shape index (κ1) is 15.5. The van der Waals surface area contributed by atoms with Gasteiger partial charge in [-0.1, -0.05) is 0 Å². The summed E-state index contributed by atoms with van der Waals surface area (Å²) >= 11 is 0. The maximum atomic E-state index is 12.8. The molecule has 0 spiro atoms. The van der Waals surface area contributed by atoms with Crippen LogP contribution in [0.15, 0.2) is 18.2 Å². The molecule has 0 saturated heterocycles. The molecular weight excluding hydrogens is 277 g/mol. The lowest BCUT2D eigenvalue weighted by molar-refractivity contribution is -0.136. The second-order valence-corrected chi connectivity index (χ2v) is 5.86. The Hall–Kier alpha value is -1.55. The van der Waals surface area contributed by atoms with Crippen molar-refractivity contribution in [2.45, 2.75) is 18.3 Å². The van der Waals surface area contributed by atoms with E-state index in [0.29, 0.717) is 0 Å². The number of nitriles is 1. The molecule has 3 nitrogen and oxygen atoms in total. The first-order chi connectivity index (χ1) is 8.75. The van der Waals surface area contributed by atoms with Crippen LogP contribution in [0.3, 0.4) is 0 Å². The van der Waals surface area contributed by atoms with Crippen LogP contribution in [0.2, 0.25) is 0 Å². The third-order valence-corrected chi connectivity index (χ3v) is 3.90. The fourth-order valence-corrected chi connectivity index (χ4v) is 1.70. The fourth-order valence-electron chi connectivity index (χ4n) is 1.38. The number of anilines is 1. The Morgan fingerprint density at radius 2 is 2.11 bits per heavy atom. The summed E-state index contributed by atoms with van der Waals surface area (Å²) in [5.41, 5.74) is -0.856. The fraction of sp³-hybridized carbons (Fsp3) is 0.417. The molecule has 0 fully saturated rings.